The fourth-order valence-corrected chi connectivity index (χ4v) is 9.00. The number of aryl methyl sites for hydroxylation is 2. The minimum absolute atomic E-state index is 0. The molecule has 0 aliphatic carbocycles. The zero-order chi connectivity index (χ0) is 46.3. The molecule has 6 atom stereocenters. The molecule has 362 valence electrons. The smallest absolute Gasteiger partial charge is 0.726 e. The number of Topliss-reactive ketones (excluding diaryl/α,β-unsaturated/α-hetero) is 1. The monoisotopic (exact) mass is 940 g/mol. The summed E-state index contributed by atoms with van der Waals surface area (Å²) in [6.07, 6.45) is 15.3. The summed E-state index contributed by atoms with van der Waals surface area (Å²) in [7, 11) is -5.44. The van der Waals surface area contributed by atoms with Crippen LogP contribution in [0.2, 0.25) is 0 Å². The molecule has 0 spiro atoms. The second kappa shape index (κ2) is 35.8. The van der Waals surface area contributed by atoms with E-state index < -0.39 is 71.4 Å². The molecule has 0 amide bonds. The molecule has 1 unspecified atom stereocenters. The molecule has 2 aromatic rings. The van der Waals surface area contributed by atoms with E-state index in [0.29, 0.717) is 25.7 Å². The quantitative estimate of drug-likeness (QED) is 0.0181. The summed E-state index contributed by atoms with van der Waals surface area (Å²) < 4.78 is 58.0. The van der Waals surface area contributed by atoms with Gasteiger partial charge in [-0.15, -0.1) is 0 Å². The number of esters is 2. The van der Waals surface area contributed by atoms with Crippen LogP contribution in [-0.2, 0) is 60.9 Å². The molecule has 3 N–H and O–H groups in total. The number of benzene rings is 2. The van der Waals surface area contributed by atoms with Crippen LogP contribution in [0.25, 0.3) is 0 Å². The van der Waals surface area contributed by atoms with Gasteiger partial charge in [-0.25, -0.2) is 14.3 Å². The molecule has 1 heterocycles. The van der Waals surface area contributed by atoms with Crippen LogP contribution in [0.5, 0.6) is 0 Å². The Morgan fingerprint density at radius 1 is 0.677 bits per heavy atom. The van der Waals surface area contributed by atoms with E-state index in [1.165, 1.54) is 36.8 Å². The third-order valence-electron chi connectivity index (χ3n) is 12.1. The Labute approximate surface area is 412 Å². The number of nitrogens with two attached hydrogens (primary N) is 1. The van der Waals surface area contributed by atoms with E-state index in [1.807, 2.05) is 24.3 Å². The maximum Gasteiger partial charge on any atom is 1.00 e. The number of ether oxygens (including phenoxy) is 3. The van der Waals surface area contributed by atoms with Crippen molar-refractivity contribution in [2.24, 2.45) is 11.8 Å². The summed E-state index contributed by atoms with van der Waals surface area (Å²) in [5.74, 6) is 2.19. The number of hydrogen-bond acceptors (Lipinski definition) is 13. The molecule has 13 nitrogen and oxygen atoms in total. The number of hydrogen-bond donors (Lipinski definition) is 2. The summed E-state index contributed by atoms with van der Waals surface area (Å²) in [5.41, 5.74) is 2.63. The van der Waals surface area contributed by atoms with Crippen molar-refractivity contribution >= 4 is 28.1 Å². The van der Waals surface area contributed by atoms with Gasteiger partial charge in [0.2, 0.25) is 10.4 Å². The average Bonchev–Trinajstić information content (AvgIpc) is 3.28. The van der Waals surface area contributed by atoms with Crippen molar-refractivity contribution in [3.63, 3.8) is 0 Å². The van der Waals surface area contributed by atoms with E-state index >= 15 is 0 Å². The van der Waals surface area contributed by atoms with Gasteiger partial charge in [0.1, 0.15) is 36.1 Å². The van der Waals surface area contributed by atoms with Crippen LogP contribution in [-0.4, -0.2) is 73.1 Å². The van der Waals surface area contributed by atoms with Crippen molar-refractivity contribution in [2.45, 2.75) is 211 Å². The molecule has 1 aliphatic heterocycles. The van der Waals surface area contributed by atoms with Crippen LogP contribution in [0.4, 0.5) is 0 Å². The van der Waals surface area contributed by atoms with Crippen LogP contribution >= 0.6 is 0 Å². The van der Waals surface area contributed by atoms with E-state index in [9.17, 15) is 32.5 Å². The first kappa shape index (κ1) is 58.9. The Morgan fingerprint density at radius 3 is 1.62 bits per heavy atom. The minimum atomic E-state index is -5.44. The number of unbranched alkanes of at least 4 members (excludes halogenated alkanes) is 18. The molecule has 3 rings (SSSR count). The zero-order valence-corrected chi connectivity index (χ0v) is 42.3. The predicted molar refractivity (Wildman–Crippen MR) is 245 cm³/mol. The first-order chi connectivity index (χ1) is 31.0. The van der Waals surface area contributed by atoms with Gasteiger partial charge in [-0.05, 0) is 62.5 Å². The van der Waals surface area contributed by atoms with Gasteiger partial charge in [0.15, 0.2) is 6.29 Å². The largest absolute Gasteiger partial charge is 1.00 e. The molecule has 1 saturated heterocycles. The molecule has 1 aliphatic rings. The summed E-state index contributed by atoms with van der Waals surface area (Å²) >= 11 is 0. The average molecular weight is 940 g/mol. The van der Waals surface area contributed by atoms with E-state index in [1.54, 1.807) is 0 Å². The van der Waals surface area contributed by atoms with Gasteiger partial charge in [-0.2, -0.15) is 0 Å². The Balaban J connectivity index is 0.0000145. The van der Waals surface area contributed by atoms with E-state index in [2.05, 4.69) is 43.3 Å². The first-order valence-electron chi connectivity index (χ1n) is 24.3. The number of ketones is 1. The predicted octanol–water partition coefficient (Wildman–Crippen LogP) is 6.71. The molecular formula is C50H78NNaO12S. The standard InChI is InChI=1S/C50H79NO12S.Na/c1-2-3-4-5-6-7-8-15-26-35-42(59-45(54)36-27-16-11-9-13-20-29-40-31-22-18-23-32-40)38-43(53)47-49(48(63-64(56,57)58)44(39-52)60-50(47)62-51)61-46(55)37-28-17-12-10-14-21-30-41-33-24-19-25-34-41;/h18-19,22-25,31-34,42,44,47-50,52H,2-17,20-21,26-30,35-39,51H2,1H3,(H,56,57,58);/q;+1/p-1/t42-,44+,47+,48+,49+,50?;/m0./s1. The molecular weight excluding hydrogens is 862 g/mol. The van der Waals surface area contributed by atoms with Gasteiger partial charge in [-0.1, -0.05) is 170 Å². The second-order valence-corrected chi connectivity index (χ2v) is 18.4. The Morgan fingerprint density at radius 2 is 1.14 bits per heavy atom. The van der Waals surface area contributed by atoms with Gasteiger partial charge in [-0.3, -0.25) is 23.4 Å². The maximum atomic E-state index is 14.3. The number of aliphatic hydroxyl groups excluding tert-OH is 1. The molecule has 0 saturated carbocycles. The molecule has 2 aromatic carbocycles. The van der Waals surface area contributed by atoms with Crippen molar-refractivity contribution < 1.29 is 85.2 Å². The van der Waals surface area contributed by atoms with Gasteiger partial charge in [0.05, 0.1) is 6.61 Å². The number of carbonyl (C=O) groups excluding carboxylic acids is 3. The second-order valence-electron chi connectivity index (χ2n) is 17.4. The van der Waals surface area contributed by atoms with Gasteiger partial charge in [0, 0.05) is 19.3 Å². The van der Waals surface area contributed by atoms with Crippen LogP contribution in [0.1, 0.15) is 179 Å². The van der Waals surface area contributed by atoms with Gasteiger partial charge < -0.3 is 23.9 Å². The minimum Gasteiger partial charge on any atom is -0.726 e. The van der Waals surface area contributed by atoms with Crippen LogP contribution in [0.3, 0.4) is 0 Å². The number of aliphatic hydroxyl groups is 1. The third-order valence-corrected chi connectivity index (χ3v) is 12.5. The van der Waals surface area contributed by atoms with Crippen LogP contribution < -0.4 is 35.5 Å². The third kappa shape index (κ3) is 26.2. The zero-order valence-electron chi connectivity index (χ0n) is 39.5. The molecule has 0 aromatic heterocycles. The van der Waals surface area contributed by atoms with Crippen molar-refractivity contribution in [3.8, 4) is 0 Å². The molecule has 0 radical (unpaired) electrons. The molecule has 0 bridgehead atoms. The summed E-state index contributed by atoms with van der Waals surface area (Å²) in [6, 6.07) is 20.7. The van der Waals surface area contributed by atoms with E-state index in [-0.39, 0.29) is 48.8 Å². The number of rotatable bonds is 37. The normalized spacial score (nSPS) is 19.0. The number of carbonyl (C=O) groups is 3. The SMILES string of the molecule is CCCCCCCCCCC[C@@H](CC(=O)[C@H]1C(ON)O[C@H](CO)[C@@H](OS(=O)(=O)[O-])[C@@H]1OC(=O)CCCCCCCCc1ccccc1)OC(=O)CCCCCCCCc1ccccc1.[Na+]. The van der Waals surface area contributed by atoms with Crippen molar-refractivity contribution in [3.05, 3.63) is 71.8 Å². The molecule has 15 heteroatoms. The van der Waals surface area contributed by atoms with E-state index in [4.69, 9.17) is 29.1 Å². The van der Waals surface area contributed by atoms with Crippen LogP contribution in [0, 0.1) is 5.92 Å². The topological polar surface area (TPSA) is 201 Å². The summed E-state index contributed by atoms with van der Waals surface area (Å²) in [6.45, 7) is 1.32. The fourth-order valence-electron chi connectivity index (χ4n) is 8.50. The summed E-state index contributed by atoms with van der Waals surface area (Å²) in [4.78, 5) is 45.9. The Kier molecular flexibility index (Phi) is 32.5. The van der Waals surface area contributed by atoms with Crippen molar-refractivity contribution in [2.75, 3.05) is 6.61 Å². The maximum absolute atomic E-state index is 14.3. The Hall–Kier alpha value is -2.24. The first-order valence-corrected chi connectivity index (χ1v) is 25.6. The molecule has 1 fully saturated rings. The van der Waals surface area contributed by atoms with Crippen LogP contribution in [0.15, 0.2) is 60.7 Å². The van der Waals surface area contributed by atoms with E-state index in [0.717, 1.165) is 103 Å². The van der Waals surface area contributed by atoms with Crippen molar-refractivity contribution in [1.82, 2.24) is 0 Å². The van der Waals surface area contributed by atoms with Crippen molar-refractivity contribution in [1.29, 1.82) is 0 Å². The molecule has 65 heavy (non-hydrogen) atoms. The van der Waals surface area contributed by atoms with Gasteiger partial charge >= 0.3 is 41.5 Å². The Bertz CT molecular complexity index is 1650. The fraction of sp³-hybridized carbons (Fsp3) is 0.700. The van der Waals surface area contributed by atoms with Gasteiger partial charge in [0.25, 0.3) is 0 Å². The summed E-state index contributed by atoms with van der Waals surface area (Å²) in [5, 5.41) is 10.1.